The Morgan fingerprint density at radius 1 is 0.636 bits per heavy atom. The van der Waals surface area contributed by atoms with E-state index in [4.69, 9.17) is 0 Å². The lowest BCUT2D eigenvalue weighted by atomic mass is 9.99. The number of halogens is 1. The van der Waals surface area contributed by atoms with E-state index in [1.54, 1.807) is 11.3 Å². The first kappa shape index (κ1) is 12.6. The highest BCUT2D eigenvalue weighted by Gasteiger charge is 2.05. The Hall–Kier alpha value is -1.90. The molecule has 104 valence electrons. The standard InChI is InChI=1S/C20H11BrS/c21-19-3-1-2-12-6-14-8-15-7-13-4-5-22-20(13)11-17(15)9-16(14)10-18(12)19/h1-11H. The predicted octanol–water partition coefficient (Wildman–Crippen LogP) is 7.12. The van der Waals surface area contributed by atoms with Crippen molar-refractivity contribution in [1.29, 1.82) is 0 Å². The Kier molecular flexibility index (Phi) is 2.61. The number of benzene rings is 4. The van der Waals surface area contributed by atoms with Crippen molar-refractivity contribution in [3.05, 3.63) is 70.5 Å². The maximum atomic E-state index is 3.66. The lowest BCUT2D eigenvalue weighted by Crippen LogP contribution is -1.80. The van der Waals surface area contributed by atoms with E-state index in [-0.39, 0.29) is 0 Å². The van der Waals surface area contributed by atoms with E-state index in [0.717, 1.165) is 4.47 Å². The van der Waals surface area contributed by atoms with Gasteiger partial charge in [-0.1, -0.05) is 28.1 Å². The Balaban J connectivity index is 1.95. The summed E-state index contributed by atoms with van der Waals surface area (Å²) in [6, 6.07) is 22.3. The molecule has 0 nitrogen and oxygen atoms in total. The van der Waals surface area contributed by atoms with Crippen LogP contribution in [-0.4, -0.2) is 0 Å². The molecule has 0 fully saturated rings. The molecule has 0 aliphatic rings. The molecule has 5 rings (SSSR count). The number of hydrogen-bond donors (Lipinski definition) is 0. The fourth-order valence-corrected chi connectivity index (χ4v) is 4.51. The van der Waals surface area contributed by atoms with Gasteiger partial charge >= 0.3 is 0 Å². The number of fused-ring (bicyclic) bond motifs is 4. The molecule has 0 amide bonds. The van der Waals surface area contributed by atoms with Gasteiger partial charge in [0, 0.05) is 9.17 Å². The summed E-state index contributed by atoms with van der Waals surface area (Å²) < 4.78 is 2.51. The quantitative estimate of drug-likeness (QED) is 0.257. The van der Waals surface area contributed by atoms with Crippen molar-refractivity contribution in [2.45, 2.75) is 0 Å². The van der Waals surface area contributed by atoms with E-state index in [0.29, 0.717) is 0 Å². The van der Waals surface area contributed by atoms with Gasteiger partial charge in [0.2, 0.25) is 0 Å². The zero-order chi connectivity index (χ0) is 14.7. The molecule has 0 aliphatic heterocycles. The van der Waals surface area contributed by atoms with E-state index in [2.05, 4.69) is 82.0 Å². The van der Waals surface area contributed by atoms with E-state index in [1.807, 2.05) is 0 Å². The molecule has 0 saturated heterocycles. The van der Waals surface area contributed by atoms with Crippen molar-refractivity contribution < 1.29 is 0 Å². The molecule has 0 unspecified atom stereocenters. The van der Waals surface area contributed by atoms with Crippen LogP contribution < -0.4 is 0 Å². The molecule has 0 radical (unpaired) electrons. The van der Waals surface area contributed by atoms with Gasteiger partial charge in [0.15, 0.2) is 0 Å². The van der Waals surface area contributed by atoms with E-state index in [9.17, 15) is 0 Å². The van der Waals surface area contributed by atoms with Gasteiger partial charge in [-0.3, -0.25) is 0 Å². The maximum Gasteiger partial charge on any atom is 0.0349 e. The predicted molar refractivity (Wildman–Crippen MR) is 102 cm³/mol. The summed E-state index contributed by atoms with van der Waals surface area (Å²) >= 11 is 5.47. The molecule has 0 spiro atoms. The van der Waals surface area contributed by atoms with Crippen LogP contribution in [0.4, 0.5) is 0 Å². The zero-order valence-corrected chi connectivity index (χ0v) is 14.0. The minimum atomic E-state index is 1.15. The molecule has 22 heavy (non-hydrogen) atoms. The van der Waals surface area contributed by atoms with Crippen LogP contribution in [0, 0.1) is 0 Å². The molecule has 0 saturated carbocycles. The van der Waals surface area contributed by atoms with Crippen molar-refractivity contribution in [3.8, 4) is 0 Å². The van der Waals surface area contributed by atoms with E-state index < -0.39 is 0 Å². The Morgan fingerprint density at radius 2 is 1.32 bits per heavy atom. The molecule has 0 bridgehead atoms. The van der Waals surface area contributed by atoms with Crippen LogP contribution in [0.5, 0.6) is 0 Å². The summed E-state index contributed by atoms with van der Waals surface area (Å²) in [7, 11) is 0. The van der Waals surface area contributed by atoms with Crippen molar-refractivity contribution in [3.63, 3.8) is 0 Å². The molecule has 4 aromatic carbocycles. The highest BCUT2D eigenvalue weighted by atomic mass is 79.9. The number of hydrogen-bond acceptors (Lipinski definition) is 1. The summed E-state index contributed by atoms with van der Waals surface area (Å²) in [5.74, 6) is 0. The fourth-order valence-electron chi connectivity index (χ4n) is 3.20. The van der Waals surface area contributed by atoms with Gasteiger partial charge in [-0.2, -0.15) is 0 Å². The first-order valence-electron chi connectivity index (χ1n) is 7.21. The second kappa shape index (κ2) is 4.55. The molecular formula is C20H11BrS. The Bertz CT molecular complexity index is 1180. The molecular weight excluding hydrogens is 352 g/mol. The average Bonchev–Trinajstić information content (AvgIpc) is 2.96. The largest absolute Gasteiger partial charge is 0.144 e. The SMILES string of the molecule is Brc1cccc2cc3cc4cc5ccsc5cc4cc3cc12. The highest BCUT2D eigenvalue weighted by Crippen LogP contribution is 2.33. The van der Waals surface area contributed by atoms with Crippen molar-refractivity contribution in [2.24, 2.45) is 0 Å². The molecule has 0 atom stereocenters. The number of thiophene rings is 1. The van der Waals surface area contributed by atoms with Gasteiger partial charge in [0.25, 0.3) is 0 Å². The summed E-state index contributed by atoms with van der Waals surface area (Å²) in [4.78, 5) is 0. The van der Waals surface area contributed by atoms with Crippen LogP contribution in [0.2, 0.25) is 0 Å². The summed E-state index contributed by atoms with van der Waals surface area (Å²) in [6.07, 6.45) is 0. The topological polar surface area (TPSA) is 0 Å². The van der Waals surface area contributed by atoms with Crippen LogP contribution in [0.15, 0.2) is 70.5 Å². The summed E-state index contributed by atoms with van der Waals surface area (Å²) in [5.41, 5.74) is 0. The number of rotatable bonds is 0. The van der Waals surface area contributed by atoms with Crippen LogP contribution in [-0.2, 0) is 0 Å². The molecule has 0 aliphatic carbocycles. The summed E-state index contributed by atoms with van der Waals surface area (Å²) in [5, 5.41) is 11.3. The second-order valence-corrected chi connectivity index (χ2v) is 7.47. The third-order valence-corrected chi connectivity index (χ3v) is 5.88. The van der Waals surface area contributed by atoms with Gasteiger partial charge < -0.3 is 0 Å². The van der Waals surface area contributed by atoms with Crippen LogP contribution in [0.3, 0.4) is 0 Å². The third-order valence-electron chi connectivity index (χ3n) is 4.31. The fraction of sp³-hybridized carbons (Fsp3) is 0. The van der Waals surface area contributed by atoms with Crippen LogP contribution in [0.1, 0.15) is 0 Å². The van der Waals surface area contributed by atoms with Gasteiger partial charge in [0.05, 0.1) is 0 Å². The first-order valence-corrected chi connectivity index (χ1v) is 8.88. The van der Waals surface area contributed by atoms with Gasteiger partial charge in [-0.05, 0) is 91.6 Å². The molecule has 5 aromatic rings. The lowest BCUT2D eigenvalue weighted by molar-refractivity contribution is 1.74. The van der Waals surface area contributed by atoms with Gasteiger partial charge in [0.1, 0.15) is 0 Å². The molecule has 1 aromatic heterocycles. The molecule has 1 heterocycles. The van der Waals surface area contributed by atoms with Crippen molar-refractivity contribution in [2.75, 3.05) is 0 Å². The van der Waals surface area contributed by atoms with E-state index >= 15 is 0 Å². The normalized spacial score (nSPS) is 11.9. The third kappa shape index (κ3) is 1.81. The second-order valence-electron chi connectivity index (χ2n) is 5.67. The van der Waals surface area contributed by atoms with Crippen molar-refractivity contribution >= 4 is 69.7 Å². The minimum Gasteiger partial charge on any atom is -0.144 e. The minimum absolute atomic E-state index is 1.15. The zero-order valence-electron chi connectivity index (χ0n) is 11.6. The maximum absolute atomic E-state index is 3.66. The Labute approximate surface area is 140 Å². The van der Waals surface area contributed by atoms with Crippen LogP contribution in [0.25, 0.3) is 42.4 Å². The highest BCUT2D eigenvalue weighted by molar-refractivity contribution is 9.10. The van der Waals surface area contributed by atoms with E-state index in [1.165, 1.54) is 42.4 Å². The monoisotopic (exact) mass is 362 g/mol. The average molecular weight is 363 g/mol. The van der Waals surface area contributed by atoms with Gasteiger partial charge in [-0.25, -0.2) is 0 Å². The lowest BCUT2D eigenvalue weighted by Gasteiger charge is -2.07. The first-order chi connectivity index (χ1) is 10.8. The smallest absolute Gasteiger partial charge is 0.0349 e. The summed E-state index contributed by atoms with van der Waals surface area (Å²) in [6.45, 7) is 0. The molecule has 2 heteroatoms. The van der Waals surface area contributed by atoms with Crippen LogP contribution >= 0.6 is 27.3 Å². The van der Waals surface area contributed by atoms with Crippen molar-refractivity contribution in [1.82, 2.24) is 0 Å². The van der Waals surface area contributed by atoms with Gasteiger partial charge in [-0.15, -0.1) is 11.3 Å². The molecule has 0 N–H and O–H groups in total. The Morgan fingerprint density at radius 3 is 2.18 bits per heavy atom.